The van der Waals surface area contributed by atoms with Crippen molar-refractivity contribution in [3.8, 4) is 0 Å². The zero-order valence-corrected chi connectivity index (χ0v) is 11.4. The highest BCUT2D eigenvalue weighted by Gasteiger charge is 2.53. The van der Waals surface area contributed by atoms with Crippen LogP contribution >= 0.6 is 0 Å². The summed E-state index contributed by atoms with van der Waals surface area (Å²) in [6.07, 6.45) is 8.17. The second kappa shape index (κ2) is 4.80. The molecule has 0 heterocycles. The van der Waals surface area contributed by atoms with Gasteiger partial charge in [-0.05, 0) is 56.3 Å². The van der Waals surface area contributed by atoms with Crippen LogP contribution in [0.3, 0.4) is 0 Å². The number of rotatable bonds is 5. The Kier molecular flexibility index (Phi) is 3.27. The number of amides is 1. The number of carboxylic acids is 1. The lowest BCUT2D eigenvalue weighted by molar-refractivity contribution is -0.144. The van der Waals surface area contributed by atoms with E-state index in [1.54, 1.807) is 0 Å². The van der Waals surface area contributed by atoms with Crippen LogP contribution in [0.5, 0.6) is 0 Å². The molecule has 2 atom stereocenters. The third kappa shape index (κ3) is 2.77. The van der Waals surface area contributed by atoms with E-state index >= 15 is 0 Å². The van der Waals surface area contributed by atoms with E-state index in [-0.39, 0.29) is 17.7 Å². The molecule has 0 aliphatic heterocycles. The molecule has 0 aromatic heterocycles. The third-order valence-corrected chi connectivity index (χ3v) is 5.34. The van der Waals surface area contributed by atoms with Gasteiger partial charge in [-0.3, -0.25) is 9.59 Å². The molecule has 0 bridgehead atoms. The molecule has 0 spiro atoms. The average Bonchev–Trinajstić information content (AvgIpc) is 3.28. The van der Waals surface area contributed by atoms with Gasteiger partial charge >= 0.3 is 5.97 Å². The van der Waals surface area contributed by atoms with E-state index in [9.17, 15) is 9.59 Å². The van der Waals surface area contributed by atoms with Crippen LogP contribution in [0.4, 0.5) is 0 Å². The third-order valence-electron chi connectivity index (χ3n) is 5.34. The zero-order valence-electron chi connectivity index (χ0n) is 11.4. The van der Waals surface area contributed by atoms with Crippen molar-refractivity contribution in [1.82, 2.24) is 5.32 Å². The highest BCUT2D eigenvalue weighted by molar-refractivity contribution is 5.80. The van der Waals surface area contributed by atoms with Gasteiger partial charge in [0.05, 0.1) is 5.92 Å². The Balaban J connectivity index is 1.48. The van der Waals surface area contributed by atoms with E-state index in [4.69, 9.17) is 5.11 Å². The lowest BCUT2D eigenvalue weighted by Crippen LogP contribution is -2.38. The monoisotopic (exact) mass is 265 g/mol. The molecule has 3 aliphatic carbocycles. The van der Waals surface area contributed by atoms with Crippen molar-refractivity contribution >= 4 is 11.9 Å². The Morgan fingerprint density at radius 3 is 2.37 bits per heavy atom. The smallest absolute Gasteiger partial charge is 0.306 e. The number of aliphatic carboxylic acids is 1. The summed E-state index contributed by atoms with van der Waals surface area (Å²) < 4.78 is 0. The Labute approximate surface area is 113 Å². The molecular weight excluding hydrogens is 242 g/mol. The van der Waals surface area contributed by atoms with Gasteiger partial charge in [0.15, 0.2) is 0 Å². The van der Waals surface area contributed by atoms with Crippen LogP contribution in [0.15, 0.2) is 0 Å². The zero-order chi connectivity index (χ0) is 13.5. The lowest BCUT2D eigenvalue weighted by atomic mass is 9.81. The summed E-state index contributed by atoms with van der Waals surface area (Å²) in [5.74, 6) is -0.189. The summed E-state index contributed by atoms with van der Waals surface area (Å²) in [6, 6.07) is 0. The largest absolute Gasteiger partial charge is 0.481 e. The molecule has 3 saturated carbocycles. The molecule has 0 aromatic rings. The van der Waals surface area contributed by atoms with Crippen molar-refractivity contribution in [2.75, 3.05) is 6.54 Å². The summed E-state index contributed by atoms with van der Waals surface area (Å²) >= 11 is 0. The van der Waals surface area contributed by atoms with Crippen molar-refractivity contribution < 1.29 is 14.7 Å². The Morgan fingerprint density at radius 2 is 1.79 bits per heavy atom. The Bertz CT molecular complexity index is 385. The lowest BCUT2D eigenvalue weighted by Gasteiger charge is -2.26. The van der Waals surface area contributed by atoms with Gasteiger partial charge in [-0.15, -0.1) is 0 Å². The van der Waals surface area contributed by atoms with Crippen molar-refractivity contribution in [3.05, 3.63) is 0 Å². The molecule has 19 heavy (non-hydrogen) atoms. The molecule has 106 valence electrons. The predicted octanol–water partition coefficient (Wildman–Crippen LogP) is 2.18. The van der Waals surface area contributed by atoms with E-state index in [0.29, 0.717) is 11.8 Å². The van der Waals surface area contributed by atoms with Crippen LogP contribution in [0.2, 0.25) is 0 Å². The van der Waals surface area contributed by atoms with Crippen LogP contribution in [0, 0.1) is 23.2 Å². The summed E-state index contributed by atoms with van der Waals surface area (Å²) in [7, 11) is 0. The summed E-state index contributed by atoms with van der Waals surface area (Å²) in [5.41, 5.74) is 0.427. The second-order valence-corrected chi connectivity index (χ2v) is 6.75. The second-order valence-electron chi connectivity index (χ2n) is 6.75. The van der Waals surface area contributed by atoms with Gasteiger partial charge in [0, 0.05) is 12.5 Å². The normalized spacial score (nSPS) is 32.6. The Morgan fingerprint density at radius 1 is 1.11 bits per heavy atom. The highest BCUT2D eigenvalue weighted by Crippen LogP contribution is 2.60. The number of carbonyl (C=O) groups is 2. The Hall–Kier alpha value is -1.06. The number of carbonyl (C=O) groups excluding carboxylic acids is 1. The molecule has 3 rings (SSSR count). The average molecular weight is 265 g/mol. The van der Waals surface area contributed by atoms with Gasteiger partial charge in [0.25, 0.3) is 0 Å². The van der Waals surface area contributed by atoms with Gasteiger partial charge in [-0.1, -0.05) is 6.42 Å². The molecule has 3 fully saturated rings. The SMILES string of the molecule is O=C(O)C1CCCC(C(=O)NCC2(C3CC3)CC2)C1. The van der Waals surface area contributed by atoms with E-state index in [1.807, 2.05) is 0 Å². The van der Waals surface area contributed by atoms with Crippen molar-refractivity contribution in [2.45, 2.75) is 51.4 Å². The maximum absolute atomic E-state index is 12.2. The van der Waals surface area contributed by atoms with Gasteiger partial charge in [0.2, 0.25) is 5.91 Å². The molecule has 4 nitrogen and oxygen atoms in total. The summed E-state index contributed by atoms with van der Waals surface area (Å²) in [5, 5.41) is 12.2. The van der Waals surface area contributed by atoms with Crippen LogP contribution in [-0.4, -0.2) is 23.5 Å². The highest BCUT2D eigenvalue weighted by atomic mass is 16.4. The van der Waals surface area contributed by atoms with E-state index < -0.39 is 5.97 Å². The number of carboxylic acid groups (broad SMARTS) is 1. The van der Waals surface area contributed by atoms with Gasteiger partial charge < -0.3 is 10.4 Å². The summed E-state index contributed by atoms with van der Waals surface area (Å²) in [6.45, 7) is 0.824. The van der Waals surface area contributed by atoms with Crippen LogP contribution in [0.1, 0.15) is 51.4 Å². The molecule has 0 saturated heterocycles. The first kappa shape index (κ1) is 12.9. The molecule has 0 radical (unpaired) electrons. The van der Waals surface area contributed by atoms with Crippen molar-refractivity contribution in [1.29, 1.82) is 0 Å². The molecule has 4 heteroatoms. The molecule has 0 aromatic carbocycles. The molecule has 2 unspecified atom stereocenters. The van der Waals surface area contributed by atoms with E-state index in [1.165, 1.54) is 25.7 Å². The predicted molar refractivity (Wildman–Crippen MR) is 70.5 cm³/mol. The molecular formula is C15H23NO3. The minimum atomic E-state index is -0.742. The molecule has 1 amide bonds. The standard InChI is InChI=1S/C15H23NO3/c17-13(10-2-1-3-11(8-10)14(18)19)16-9-15(6-7-15)12-4-5-12/h10-12H,1-9H2,(H,16,17)(H,18,19). The topological polar surface area (TPSA) is 66.4 Å². The van der Waals surface area contributed by atoms with Crippen LogP contribution < -0.4 is 5.32 Å². The van der Waals surface area contributed by atoms with Gasteiger partial charge in [-0.25, -0.2) is 0 Å². The number of hydrogen-bond donors (Lipinski definition) is 2. The fourth-order valence-electron chi connectivity index (χ4n) is 3.65. The maximum Gasteiger partial charge on any atom is 0.306 e. The number of hydrogen-bond acceptors (Lipinski definition) is 2. The quantitative estimate of drug-likeness (QED) is 0.800. The molecule has 3 aliphatic rings. The van der Waals surface area contributed by atoms with Crippen LogP contribution in [-0.2, 0) is 9.59 Å². The maximum atomic E-state index is 12.2. The fourth-order valence-corrected chi connectivity index (χ4v) is 3.65. The van der Waals surface area contributed by atoms with Crippen LogP contribution in [0.25, 0.3) is 0 Å². The van der Waals surface area contributed by atoms with Gasteiger partial charge in [-0.2, -0.15) is 0 Å². The minimum absolute atomic E-state index is 0.0788. The molecule has 2 N–H and O–H groups in total. The summed E-state index contributed by atoms with van der Waals surface area (Å²) in [4.78, 5) is 23.2. The minimum Gasteiger partial charge on any atom is -0.481 e. The first-order chi connectivity index (χ1) is 9.11. The van der Waals surface area contributed by atoms with Crippen molar-refractivity contribution in [3.63, 3.8) is 0 Å². The number of nitrogens with one attached hydrogen (secondary N) is 1. The van der Waals surface area contributed by atoms with Gasteiger partial charge in [0.1, 0.15) is 0 Å². The first-order valence-corrected chi connectivity index (χ1v) is 7.61. The van der Waals surface area contributed by atoms with E-state index in [2.05, 4.69) is 5.32 Å². The van der Waals surface area contributed by atoms with E-state index in [0.717, 1.165) is 31.7 Å². The van der Waals surface area contributed by atoms with Crippen molar-refractivity contribution in [2.24, 2.45) is 23.2 Å². The fraction of sp³-hybridized carbons (Fsp3) is 0.867. The first-order valence-electron chi connectivity index (χ1n) is 7.61.